The van der Waals surface area contributed by atoms with Crippen molar-refractivity contribution >= 4 is 17.7 Å². The van der Waals surface area contributed by atoms with E-state index in [1.54, 1.807) is 0 Å². The van der Waals surface area contributed by atoms with Crippen LogP contribution in [-0.2, 0) is 4.79 Å². The standard InChI is InChI=1S/C14H23F3O2S/c1-12(2,3)10-4-6-13(7-5-10,11(18)19)8-9-20-14(15,16)17/h10H,4-9H2,1-3H3,(H,18,19). The van der Waals surface area contributed by atoms with Crippen LogP contribution in [0.15, 0.2) is 0 Å². The highest BCUT2D eigenvalue weighted by molar-refractivity contribution is 8.00. The van der Waals surface area contributed by atoms with E-state index >= 15 is 0 Å². The maximum Gasteiger partial charge on any atom is 0.441 e. The SMILES string of the molecule is CC(C)(C)C1CCC(CCSC(F)(F)F)(C(=O)O)CC1. The first-order valence-corrected chi connectivity index (χ1v) is 7.89. The number of hydrogen-bond donors (Lipinski definition) is 1. The van der Waals surface area contributed by atoms with Crippen LogP contribution in [0.5, 0.6) is 0 Å². The van der Waals surface area contributed by atoms with Crippen LogP contribution < -0.4 is 0 Å². The quantitative estimate of drug-likeness (QED) is 0.799. The Hall–Kier alpha value is -0.390. The van der Waals surface area contributed by atoms with E-state index in [2.05, 4.69) is 20.8 Å². The molecule has 0 aromatic rings. The van der Waals surface area contributed by atoms with E-state index in [0.29, 0.717) is 18.8 Å². The van der Waals surface area contributed by atoms with Gasteiger partial charge in [-0.1, -0.05) is 32.5 Å². The Bertz CT molecular complexity index is 334. The molecule has 2 nitrogen and oxygen atoms in total. The molecule has 0 aromatic carbocycles. The Balaban J connectivity index is 2.61. The topological polar surface area (TPSA) is 37.3 Å². The van der Waals surface area contributed by atoms with Crippen LogP contribution in [0.3, 0.4) is 0 Å². The van der Waals surface area contributed by atoms with Crippen LogP contribution in [0.25, 0.3) is 0 Å². The summed E-state index contributed by atoms with van der Waals surface area (Å²) in [6, 6.07) is 0. The molecule has 0 bridgehead atoms. The van der Waals surface area contributed by atoms with Gasteiger partial charge in [-0.05, 0) is 43.4 Å². The van der Waals surface area contributed by atoms with Gasteiger partial charge in [0.2, 0.25) is 0 Å². The number of carbonyl (C=O) groups is 1. The molecule has 1 rings (SSSR count). The zero-order valence-corrected chi connectivity index (χ0v) is 13.0. The van der Waals surface area contributed by atoms with E-state index in [0.717, 1.165) is 12.8 Å². The van der Waals surface area contributed by atoms with Crippen molar-refractivity contribution in [3.05, 3.63) is 0 Å². The summed E-state index contributed by atoms with van der Waals surface area (Å²) >= 11 is -0.114. The molecule has 1 aliphatic rings. The normalized spacial score (nSPS) is 28.4. The van der Waals surface area contributed by atoms with E-state index < -0.39 is 16.9 Å². The van der Waals surface area contributed by atoms with Gasteiger partial charge in [0.05, 0.1) is 5.41 Å². The summed E-state index contributed by atoms with van der Waals surface area (Å²) in [5.41, 5.74) is -5.10. The molecule has 0 atom stereocenters. The van der Waals surface area contributed by atoms with E-state index in [1.807, 2.05) is 0 Å². The molecule has 1 aliphatic carbocycles. The van der Waals surface area contributed by atoms with E-state index in [1.165, 1.54) is 0 Å². The first-order chi connectivity index (χ1) is 8.96. The zero-order valence-electron chi connectivity index (χ0n) is 12.2. The van der Waals surface area contributed by atoms with Crippen LogP contribution >= 0.6 is 11.8 Å². The number of carboxylic acid groups (broad SMARTS) is 1. The summed E-state index contributed by atoms with van der Waals surface area (Å²) < 4.78 is 36.5. The molecule has 0 amide bonds. The lowest BCUT2D eigenvalue weighted by Crippen LogP contribution is -2.38. The molecule has 6 heteroatoms. The van der Waals surface area contributed by atoms with Gasteiger partial charge in [-0.3, -0.25) is 4.79 Å². The minimum absolute atomic E-state index is 0.101. The molecular weight excluding hydrogens is 289 g/mol. The van der Waals surface area contributed by atoms with Crippen LogP contribution in [-0.4, -0.2) is 22.3 Å². The Morgan fingerprint density at radius 2 is 1.75 bits per heavy atom. The van der Waals surface area contributed by atoms with Crippen molar-refractivity contribution < 1.29 is 23.1 Å². The van der Waals surface area contributed by atoms with Crippen molar-refractivity contribution in [2.75, 3.05) is 5.75 Å². The van der Waals surface area contributed by atoms with Gasteiger partial charge < -0.3 is 5.11 Å². The lowest BCUT2D eigenvalue weighted by molar-refractivity contribution is -0.152. The maximum atomic E-state index is 12.2. The largest absolute Gasteiger partial charge is 0.481 e. The zero-order chi connectivity index (χ0) is 15.6. The molecule has 1 saturated carbocycles. The highest BCUT2D eigenvalue weighted by Crippen LogP contribution is 2.48. The monoisotopic (exact) mass is 312 g/mol. The highest BCUT2D eigenvalue weighted by Gasteiger charge is 2.44. The molecule has 118 valence electrons. The molecule has 0 spiro atoms. The fourth-order valence-electron chi connectivity index (χ4n) is 2.97. The first kappa shape index (κ1) is 17.7. The molecule has 0 aromatic heterocycles. The molecule has 0 heterocycles. The minimum Gasteiger partial charge on any atom is -0.481 e. The fourth-order valence-corrected chi connectivity index (χ4v) is 3.69. The number of alkyl halides is 3. The van der Waals surface area contributed by atoms with Crippen molar-refractivity contribution in [3.8, 4) is 0 Å². The third-order valence-electron chi connectivity index (χ3n) is 4.47. The van der Waals surface area contributed by atoms with Gasteiger partial charge in [0, 0.05) is 5.75 Å². The van der Waals surface area contributed by atoms with Gasteiger partial charge >= 0.3 is 11.5 Å². The number of aliphatic carboxylic acids is 1. The van der Waals surface area contributed by atoms with Gasteiger partial charge in [-0.2, -0.15) is 13.2 Å². The highest BCUT2D eigenvalue weighted by atomic mass is 32.2. The lowest BCUT2D eigenvalue weighted by Gasteiger charge is -2.41. The molecule has 20 heavy (non-hydrogen) atoms. The second-order valence-corrected chi connectivity index (χ2v) is 7.93. The Morgan fingerprint density at radius 3 is 2.10 bits per heavy atom. The van der Waals surface area contributed by atoms with E-state index in [9.17, 15) is 23.1 Å². The van der Waals surface area contributed by atoms with Crippen molar-refractivity contribution in [1.29, 1.82) is 0 Å². The van der Waals surface area contributed by atoms with Crippen LogP contribution in [0.4, 0.5) is 13.2 Å². The lowest BCUT2D eigenvalue weighted by atomic mass is 9.63. The van der Waals surface area contributed by atoms with Crippen molar-refractivity contribution in [3.63, 3.8) is 0 Å². The summed E-state index contributed by atoms with van der Waals surface area (Å²) in [6.45, 7) is 6.39. The number of thioether (sulfide) groups is 1. The summed E-state index contributed by atoms with van der Waals surface area (Å²) in [6.07, 6.45) is 2.65. The molecule has 1 fully saturated rings. The summed E-state index contributed by atoms with van der Waals surface area (Å²) in [4.78, 5) is 11.5. The second-order valence-electron chi connectivity index (χ2n) is 6.77. The number of hydrogen-bond acceptors (Lipinski definition) is 2. The minimum atomic E-state index is -4.28. The van der Waals surface area contributed by atoms with Gasteiger partial charge in [-0.15, -0.1) is 0 Å². The van der Waals surface area contributed by atoms with Crippen molar-refractivity contribution in [1.82, 2.24) is 0 Å². The van der Waals surface area contributed by atoms with Crippen LogP contribution in [0.2, 0.25) is 0 Å². The average molecular weight is 312 g/mol. The van der Waals surface area contributed by atoms with Crippen molar-refractivity contribution in [2.24, 2.45) is 16.7 Å². The summed E-state index contributed by atoms with van der Waals surface area (Å²) in [5.74, 6) is -0.659. The fraction of sp³-hybridized carbons (Fsp3) is 0.929. The van der Waals surface area contributed by atoms with E-state index in [-0.39, 0.29) is 29.4 Å². The maximum absolute atomic E-state index is 12.2. The van der Waals surface area contributed by atoms with Gasteiger partial charge in [0.1, 0.15) is 0 Å². The number of halogens is 3. The van der Waals surface area contributed by atoms with Crippen LogP contribution in [0, 0.1) is 16.7 Å². The summed E-state index contributed by atoms with van der Waals surface area (Å²) in [5, 5.41) is 9.42. The Labute approximate surface area is 122 Å². The van der Waals surface area contributed by atoms with Crippen molar-refractivity contribution in [2.45, 2.75) is 58.4 Å². The predicted molar refractivity (Wildman–Crippen MR) is 74.6 cm³/mol. The van der Waals surface area contributed by atoms with Gasteiger partial charge in [-0.25, -0.2) is 0 Å². The number of rotatable bonds is 4. The number of carboxylic acids is 1. The molecule has 0 unspecified atom stereocenters. The van der Waals surface area contributed by atoms with Gasteiger partial charge in [0.15, 0.2) is 0 Å². The molecule has 1 N–H and O–H groups in total. The van der Waals surface area contributed by atoms with E-state index in [4.69, 9.17) is 0 Å². The predicted octanol–water partition coefficient (Wildman–Crippen LogP) is 4.94. The molecular formula is C14H23F3O2S. The smallest absolute Gasteiger partial charge is 0.441 e. The first-order valence-electron chi connectivity index (χ1n) is 6.90. The van der Waals surface area contributed by atoms with Gasteiger partial charge in [0.25, 0.3) is 0 Å². The third-order valence-corrected chi connectivity index (χ3v) is 5.20. The summed E-state index contributed by atoms with van der Waals surface area (Å²) in [7, 11) is 0. The molecule has 0 aliphatic heterocycles. The van der Waals surface area contributed by atoms with Crippen LogP contribution in [0.1, 0.15) is 52.9 Å². The average Bonchev–Trinajstić information content (AvgIpc) is 2.26. The molecule has 0 radical (unpaired) electrons. The molecule has 0 saturated heterocycles. The Morgan fingerprint density at radius 1 is 1.25 bits per heavy atom. The second kappa shape index (κ2) is 6.16. The Kier molecular flexibility index (Phi) is 5.44. The third kappa shape index (κ3) is 4.86.